The van der Waals surface area contributed by atoms with E-state index in [0.717, 1.165) is 42.4 Å². The molecule has 1 aromatic heterocycles. The number of aromatic nitrogens is 1. The maximum Gasteiger partial charge on any atom is 0.387 e. The molecule has 2 aromatic carbocycles. The van der Waals surface area contributed by atoms with Crippen molar-refractivity contribution in [2.45, 2.75) is 77.6 Å². The molecular weight excluding hydrogens is 817 g/mol. The standard InChI is InChI=1S/C38H42Cl2F2N2O12S/c1-38(2,3)56-35(46)18-44(57(49)50)29-12-24(8-10-30(29)51-19-22-4-5-22)13-34(45)53-21-36(47)54-32(15-26-27(39)16-43(48)17-28(26)40)25-9-11-31(55-37(41)42)33(14-25)52-20-23-6-7-23/h8-12,14,16-17,22-23,32,37,57H,4-7,13,15,18-21H2,1-3H3/t32-/m0/s1. The van der Waals surface area contributed by atoms with Crippen LogP contribution in [0, 0.1) is 17.0 Å². The molecule has 0 saturated heterocycles. The Kier molecular flexibility index (Phi) is 14.7. The zero-order valence-electron chi connectivity index (χ0n) is 31.3. The zero-order valence-corrected chi connectivity index (χ0v) is 33.7. The van der Waals surface area contributed by atoms with Crippen LogP contribution in [0.3, 0.4) is 0 Å². The van der Waals surface area contributed by atoms with Gasteiger partial charge in [0.25, 0.3) is 0 Å². The first kappa shape index (κ1) is 43.5. The van der Waals surface area contributed by atoms with Crippen LogP contribution in [-0.2, 0) is 52.3 Å². The highest BCUT2D eigenvalue weighted by Crippen LogP contribution is 2.38. The Morgan fingerprint density at radius 3 is 2.09 bits per heavy atom. The van der Waals surface area contributed by atoms with E-state index in [4.69, 9.17) is 46.9 Å². The Balaban J connectivity index is 1.31. The van der Waals surface area contributed by atoms with Crippen LogP contribution in [0.15, 0.2) is 48.8 Å². The lowest BCUT2D eigenvalue weighted by molar-refractivity contribution is -0.605. The highest BCUT2D eigenvalue weighted by molar-refractivity contribution is 7.74. The van der Waals surface area contributed by atoms with E-state index < -0.39 is 66.7 Å². The zero-order chi connectivity index (χ0) is 41.4. The molecule has 5 rings (SSSR count). The molecule has 0 N–H and O–H groups in total. The van der Waals surface area contributed by atoms with Crippen molar-refractivity contribution in [3.05, 3.63) is 80.7 Å². The first-order valence-corrected chi connectivity index (χ1v) is 19.9. The topological polar surface area (TPSA) is 171 Å². The number of esters is 3. The van der Waals surface area contributed by atoms with E-state index in [2.05, 4.69) is 4.74 Å². The second kappa shape index (κ2) is 19.2. The number of pyridine rings is 1. The number of carbonyl (C=O) groups is 3. The fourth-order valence-corrected chi connectivity index (χ4v) is 6.59. The second-order valence-corrected chi connectivity index (χ2v) is 16.4. The average molecular weight is 860 g/mol. The lowest BCUT2D eigenvalue weighted by Crippen LogP contribution is -2.34. The number of thiol groups is 1. The molecule has 57 heavy (non-hydrogen) atoms. The van der Waals surface area contributed by atoms with Gasteiger partial charge in [0.2, 0.25) is 10.9 Å². The van der Waals surface area contributed by atoms with Gasteiger partial charge in [-0.15, -0.1) is 0 Å². The van der Waals surface area contributed by atoms with E-state index in [-0.39, 0.29) is 68.6 Å². The number of nitrogens with zero attached hydrogens (tertiary/aromatic N) is 2. The summed E-state index contributed by atoms with van der Waals surface area (Å²) in [6.07, 6.45) is 4.07. The van der Waals surface area contributed by atoms with Crippen molar-refractivity contribution in [2.75, 3.05) is 30.7 Å². The number of rotatable bonds is 20. The van der Waals surface area contributed by atoms with E-state index in [0.29, 0.717) is 17.3 Å². The van der Waals surface area contributed by atoms with Crippen LogP contribution < -0.4 is 23.2 Å². The lowest BCUT2D eigenvalue weighted by atomic mass is 10.0. The highest BCUT2D eigenvalue weighted by atomic mass is 35.5. The Labute approximate surface area is 339 Å². The first-order valence-electron chi connectivity index (χ1n) is 18.0. The molecule has 14 nitrogen and oxygen atoms in total. The largest absolute Gasteiger partial charge is 0.619 e. The van der Waals surface area contributed by atoms with Crippen molar-refractivity contribution in [1.82, 2.24) is 0 Å². The van der Waals surface area contributed by atoms with Gasteiger partial charge in [-0.05, 0) is 93.7 Å². The molecule has 0 bridgehead atoms. The molecule has 19 heteroatoms. The quantitative estimate of drug-likeness (QED) is 0.0457. The third-order valence-electron chi connectivity index (χ3n) is 8.52. The van der Waals surface area contributed by atoms with E-state index in [1.165, 1.54) is 36.4 Å². The molecule has 2 aliphatic rings. The summed E-state index contributed by atoms with van der Waals surface area (Å²) in [4.78, 5) is 38.9. The number of halogens is 4. The molecule has 1 atom stereocenters. The van der Waals surface area contributed by atoms with Crippen LogP contribution in [0.25, 0.3) is 0 Å². The van der Waals surface area contributed by atoms with Gasteiger partial charge in [0.15, 0.2) is 30.5 Å². The summed E-state index contributed by atoms with van der Waals surface area (Å²) >= 11 is 12.6. The first-order chi connectivity index (χ1) is 26.9. The third kappa shape index (κ3) is 13.8. The van der Waals surface area contributed by atoms with Crippen LogP contribution in [0.1, 0.15) is 69.2 Å². The van der Waals surface area contributed by atoms with Crippen molar-refractivity contribution in [2.24, 2.45) is 11.8 Å². The van der Waals surface area contributed by atoms with Crippen molar-refractivity contribution < 1.29 is 64.7 Å². The Hall–Kier alpha value is -4.61. The molecule has 2 aliphatic carbocycles. The van der Waals surface area contributed by atoms with Crippen molar-refractivity contribution in [3.63, 3.8) is 0 Å². The van der Waals surface area contributed by atoms with Crippen molar-refractivity contribution in [3.8, 4) is 17.2 Å². The molecule has 310 valence electrons. The van der Waals surface area contributed by atoms with Gasteiger partial charge >= 0.3 is 24.5 Å². The molecule has 0 spiro atoms. The van der Waals surface area contributed by atoms with Crippen LogP contribution in [0.5, 0.6) is 17.2 Å². The van der Waals surface area contributed by atoms with Crippen LogP contribution in [0.4, 0.5) is 14.5 Å². The minimum atomic E-state index is -3.36. The maximum absolute atomic E-state index is 13.2. The van der Waals surface area contributed by atoms with Gasteiger partial charge in [0.1, 0.15) is 34.0 Å². The summed E-state index contributed by atoms with van der Waals surface area (Å²) in [6, 6.07) is 8.36. The van der Waals surface area contributed by atoms with Gasteiger partial charge in [-0.1, -0.05) is 35.3 Å². The van der Waals surface area contributed by atoms with E-state index in [9.17, 15) is 36.8 Å². The minimum absolute atomic E-state index is 0.0105. The molecule has 0 aliphatic heterocycles. The maximum atomic E-state index is 13.2. The Morgan fingerprint density at radius 1 is 0.895 bits per heavy atom. The number of alkyl halides is 2. The fourth-order valence-electron chi connectivity index (χ4n) is 5.43. The summed E-state index contributed by atoms with van der Waals surface area (Å²) in [5, 5.41) is 11.8. The molecule has 0 unspecified atom stereocenters. The van der Waals surface area contributed by atoms with Crippen molar-refractivity contribution >= 4 is 57.7 Å². The van der Waals surface area contributed by atoms with E-state index in [1.54, 1.807) is 20.8 Å². The monoisotopic (exact) mass is 858 g/mol. The van der Waals surface area contributed by atoms with E-state index >= 15 is 0 Å². The second-order valence-electron chi connectivity index (χ2n) is 14.6. The molecule has 0 radical (unpaired) electrons. The van der Waals surface area contributed by atoms with Gasteiger partial charge in [0, 0.05) is 12.0 Å². The summed E-state index contributed by atoms with van der Waals surface area (Å²) < 4.78 is 84.9. The normalized spacial score (nSPS) is 14.5. The van der Waals surface area contributed by atoms with Gasteiger partial charge in [-0.2, -0.15) is 13.5 Å². The molecule has 3 aromatic rings. The van der Waals surface area contributed by atoms with Gasteiger partial charge in [-0.25, -0.2) is 13.2 Å². The molecule has 2 fully saturated rings. The fraction of sp³-hybridized carbons (Fsp3) is 0.474. The predicted molar refractivity (Wildman–Crippen MR) is 202 cm³/mol. The number of hydrogen-bond acceptors (Lipinski definition) is 12. The molecule has 1 heterocycles. The van der Waals surface area contributed by atoms with Gasteiger partial charge < -0.3 is 33.6 Å². The van der Waals surface area contributed by atoms with Crippen LogP contribution >= 0.6 is 23.2 Å². The van der Waals surface area contributed by atoms with Gasteiger partial charge in [-0.3, -0.25) is 13.9 Å². The number of carbonyl (C=O) groups excluding carboxylic acids is 3. The van der Waals surface area contributed by atoms with E-state index in [1.807, 2.05) is 0 Å². The highest BCUT2D eigenvalue weighted by Gasteiger charge is 2.29. The number of ether oxygens (including phenoxy) is 6. The lowest BCUT2D eigenvalue weighted by Gasteiger charge is -2.24. The van der Waals surface area contributed by atoms with Crippen LogP contribution in [-0.4, -0.2) is 64.9 Å². The Morgan fingerprint density at radius 2 is 1.51 bits per heavy atom. The minimum Gasteiger partial charge on any atom is -0.619 e. The van der Waals surface area contributed by atoms with Crippen molar-refractivity contribution in [1.29, 1.82) is 0 Å². The third-order valence-corrected chi connectivity index (χ3v) is 9.92. The number of hydrogen-bond donors (Lipinski definition) is 1. The number of benzene rings is 2. The molecule has 0 amide bonds. The SMILES string of the molecule is CC(C)(C)OC(=O)CN(c1cc(CC(=O)OCC(=O)O[C@@H](Cc2c(Cl)c[n+]([O-])cc2Cl)c2ccc(OC(F)F)c(OCC3CC3)c2)ccc1OCC1CC1)[SH](=O)=O. The molecule has 2 saturated carbocycles. The number of anilines is 1. The Bertz CT molecular complexity index is 1990. The molecular formula is C38H42Cl2F2N2O12S. The smallest absolute Gasteiger partial charge is 0.387 e. The summed E-state index contributed by atoms with van der Waals surface area (Å²) in [6.45, 7) is 0.855. The predicted octanol–water partition coefficient (Wildman–Crippen LogP) is 6.09. The summed E-state index contributed by atoms with van der Waals surface area (Å²) in [5.41, 5.74) is -0.0937. The summed E-state index contributed by atoms with van der Waals surface area (Å²) in [5.74, 6) is -2.21. The average Bonchev–Trinajstić information content (AvgIpc) is 4.05. The summed E-state index contributed by atoms with van der Waals surface area (Å²) in [7, 11) is -3.36. The van der Waals surface area contributed by atoms with Gasteiger partial charge in [0.05, 0.1) is 25.3 Å². The van der Waals surface area contributed by atoms with Crippen LogP contribution in [0.2, 0.25) is 10.0 Å².